The Morgan fingerprint density at radius 3 is 2.73 bits per heavy atom. The molecular weight excluding hydrogens is 294 g/mol. The second-order valence-electron chi connectivity index (χ2n) is 6.44. The van der Waals surface area contributed by atoms with Crippen LogP contribution >= 0.6 is 11.3 Å². The molecule has 1 N–H and O–H groups in total. The van der Waals surface area contributed by atoms with Gasteiger partial charge >= 0.3 is 0 Å². The average Bonchev–Trinajstić information content (AvgIpc) is 3.18. The van der Waals surface area contributed by atoms with Crippen molar-refractivity contribution in [2.24, 2.45) is 12.5 Å². The molecule has 1 aliphatic heterocycles. The van der Waals surface area contributed by atoms with Crippen LogP contribution in [0.5, 0.6) is 0 Å². The Morgan fingerprint density at radius 1 is 1.36 bits per heavy atom. The van der Waals surface area contributed by atoms with Gasteiger partial charge in [-0.05, 0) is 49.2 Å². The van der Waals surface area contributed by atoms with Gasteiger partial charge in [0.1, 0.15) is 5.69 Å². The zero-order valence-corrected chi connectivity index (χ0v) is 14.3. The Hall–Kier alpha value is -1.17. The predicted octanol–water partition coefficient (Wildman–Crippen LogP) is 3.13. The molecule has 0 radical (unpaired) electrons. The van der Waals surface area contributed by atoms with E-state index in [1.165, 1.54) is 10.4 Å². The largest absolute Gasteiger partial charge is 0.396 e. The molecule has 1 aliphatic rings. The molecule has 1 fully saturated rings. The summed E-state index contributed by atoms with van der Waals surface area (Å²) >= 11 is 1.75. The average molecular weight is 319 g/mol. The fourth-order valence-corrected chi connectivity index (χ4v) is 4.07. The topological polar surface area (TPSA) is 41.3 Å². The number of aliphatic hydroxyl groups excluding tert-OH is 1. The number of rotatable bonds is 5. The quantitative estimate of drug-likeness (QED) is 0.920. The standard InChI is InChI=1S/C17H25N3OS/c1-3-17(13-21)6-8-20(9-7-17)12-14-11-19(2)18-16(14)15-5-4-10-22-15/h4-5,10-11,21H,3,6-9,12-13H2,1-2H3. The molecule has 0 aliphatic carbocycles. The van der Waals surface area contributed by atoms with E-state index < -0.39 is 0 Å². The highest BCUT2D eigenvalue weighted by molar-refractivity contribution is 7.13. The molecular formula is C17H25N3OS. The van der Waals surface area contributed by atoms with Gasteiger partial charge in [0.25, 0.3) is 0 Å². The number of likely N-dealkylation sites (tertiary alicyclic amines) is 1. The summed E-state index contributed by atoms with van der Waals surface area (Å²) in [5, 5.41) is 16.4. The Morgan fingerprint density at radius 2 is 2.14 bits per heavy atom. The number of aromatic nitrogens is 2. The molecule has 5 heteroatoms. The van der Waals surface area contributed by atoms with Gasteiger partial charge in [0, 0.05) is 32.0 Å². The minimum atomic E-state index is 0.155. The summed E-state index contributed by atoms with van der Waals surface area (Å²) in [4.78, 5) is 3.74. The van der Waals surface area contributed by atoms with E-state index >= 15 is 0 Å². The van der Waals surface area contributed by atoms with Gasteiger partial charge in [-0.15, -0.1) is 11.3 Å². The smallest absolute Gasteiger partial charge is 0.107 e. The zero-order chi connectivity index (χ0) is 15.6. The van der Waals surface area contributed by atoms with Gasteiger partial charge in [0.15, 0.2) is 0 Å². The molecule has 3 heterocycles. The fraction of sp³-hybridized carbons (Fsp3) is 0.588. The zero-order valence-electron chi connectivity index (χ0n) is 13.5. The molecule has 120 valence electrons. The second kappa shape index (κ2) is 6.52. The van der Waals surface area contributed by atoms with Gasteiger partial charge in [-0.1, -0.05) is 13.0 Å². The van der Waals surface area contributed by atoms with E-state index in [2.05, 4.69) is 40.6 Å². The molecule has 0 unspecified atom stereocenters. The normalized spacial score (nSPS) is 18.7. The van der Waals surface area contributed by atoms with E-state index in [1.807, 2.05) is 11.7 Å². The van der Waals surface area contributed by atoms with Crippen LogP contribution in [-0.2, 0) is 13.6 Å². The van der Waals surface area contributed by atoms with Crippen LogP contribution in [0.15, 0.2) is 23.7 Å². The van der Waals surface area contributed by atoms with Crippen molar-refractivity contribution in [3.63, 3.8) is 0 Å². The van der Waals surface area contributed by atoms with Gasteiger partial charge in [-0.25, -0.2) is 0 Å². The second-order valence-corrected chi connectivity index (χ2v) is 7.39. The molecule has 0 amide bonds. The maximum Gasteiger partial charge on any atom is 0.107 e. The highest BCUT2D eigenvalue weighted by atomic mass is 32.1. The van der Waals surface area contributed by atoms with Crippen LogP contribution in [0.1, 0.15) is 31.7 Å². The minimum absolute atomic E-state index is 0.155. The van der Waals surface area contributed by atoms with Crippen LogP contribution in [0.2, 0.25) is 0 Å². The number of aryl methyl sites for hydroxylation is 1. The molecule has 4 nitrogen and oxygen atoms in total. The molecule has 0 bridgehead atoms. The third-order valence-corrected chi connectivity index (χ3v) is 5.93. The third kappa shape index (κ3) is 3.12. The van der Waals surface area contributed by atoms with Gasteiger partial charge in [0.05, 0.1) is 4.88 Å². The van der Waals surface area contributed by atoms with Gasteiger partial charge in [-0.2, -0.15) is 5.10 Å². The monoisotopic (exact) mass is 319 g/mol. The SMILES string of the molecule is CCC1(CO)CCN(Cc2cn(C)nc2-c2cccs2)CC1. The van der Waals surface area contributed by atoms with Crippen LogP contribution < -0.4 is 0 Å². The maximum atomic E-state index is 9.66. The van der Waals surface area contributed by atoms with Crippen molar-refractivity contribution in [1.29, 1.82) is 0 Å². The number of aliphatic hydroxyl groups is 1. The lowest BCUT2D eigenvalue weighted by Gasteiger charge is -2.40. The lowest BCUT2D eigenvalue weighted by atomic mass is 9.77. The summed E-state index contributed by atoms with van der Waals surface area (Å²) in [5.74, 6) is 0. The maximum absolute atomic E-state index is 9.66. The summed E-state index contributed by atoms with van der Waals surface area (Å²) in [6, 6.07) is 4.22. The number of hydrogen-bond acceptors (Lipinski definition) is 4. The lowest BCUT2D eigenvalue weighted by Crippen LogP contribution is -2.41. The highest BCUT2D eigenvalue weighted by Crippen LogP contribution is 2.35. The first-order valence-electron chi connectivity index (χ1n) is 8.05. The Kier molecular flexibility index (Phi) is 4.66. The Balaban J connectivity index is 1.70. The van der Waals surface area contributed by atoms with Crippen molar-refractivity contribution in [3.05, 3.63) is 29.3 Å². The van der Waals surface area contributed by atoms with Gasteiger partial charge in [0.2, 0.25) is 0 Å². The van der Waals surface area contributed by atoms with Gasteiger partial charge in [-0.3, -0.25) is 9.58 Å². The van der Waals surface area contributed by atoms with Crippen LogP contribution in [0.4, 0.5) is 0 Å². The molecule has 0 aromatic carbocycles. The first-order valence-corrected chi connectivity index (χ1v) is 8.93. The van der Waals surface area contributed by atoms with Crippen LogP contribution in [0.3, 0.4) is 0 Å². The summed E-state index contributed by atoms with van der Waals surface area (Å²) in [7, 11) is 1.99. The van der Waals surface area contributed by atoms with Crippen molar-refractivity contribution in [3.8, 4) is 10.6 Å². The number of nitrogens with zero attached hydrogens (tertiary/aromatic N) is 3. The van der Waals surface area contributed by atoms with Crippen molar-refractivity contribution in [1.82, 2.24) is 14.7 Å². The van der Waals surface area contributed by atoms with E-state index in [9.17, 15) is 5.11 Å². The molecule has 0 saturated carbocycles. The highest BCUT2D eigenvalue weighted by Gasteiger charge is 2.32. The van der Waals surface area contributed by atoms with Crippen molar-refractivity contribution in [2.45, 2.75) is 32.7 Å². The summed E-state index contributed by atoms with van der Waals surface area (Å²) in [6.07, 6.45) is 5.40. The Labute approximate surface area is 136 Å². The molecule has 2 aromatic rings. The predicted molar refractivity (Wildman–Crippen MR) is 90.8 cm³/mol. The first kappa shape index (κ1) is 15.7. The van der Waals surface area contributed by atoms with Crippen molar-refractivity contribution in [2.75, 3.05) is 19.7 Å². The van der Waals surface area contributed by atoms with Gasteiger partial charge < -0.3 is 5.11 Å². The molecule has 0 atom stereocenters. The van der Waals surface area contributed by atoms with Crippen LogP contribution in [-0.4, -0.2) is 39.5 Å². The van der Waals surface area contributed by atoms with E-state index in [-0.39, 0.29) is 5.41 Å². The number of hydrogen-bond donors (Lipinski definition) is 1. The number of thiophene rings is 1. The van der Waals surface area contributed by atoms with Crippen LogP contribution in [0, 0.1) is 5.41 Å². The first-order chi connectivity index (χ1) is 10.7. The number of piperidine rings is 1. The van der Waals surface area contributed by atoms with E-state index in [0.717, 1.165) is 44.6 Å². The molecule has 3 rings (SSSR count). The molecule has 1 saturated heterocycles. The molecule has 2 aromatic heterocycles. The van der Waals surface area contributed by atoms with E-state index in [0.29, 0.717) is 6.61 Å². The Bertz CT molecular complexity index is 591. The van der Waals surface area contributed by atoms with Crippen molar-refractivity contribution >= 4 is 11.3 Å². The third-order valence-electron chi connectivity index (χ3n) is 5.06. The van der Waals surface area contributed by atoms with E-state index in [1.54, 1.807) is 11.3 Å². The summed E-state index contributed by atoms with van der Waals surface area (Å²) in [6.45, 7) is 5.60. The fourth-order valence-electron chi connectivity index (χ4n) is 3.32. The minimum Gasteiger partial charge on any atom is -0.396 e. The molecule has 0 spiro atoms. The van der Waals surface area contributed by atoms with E-state index in [4.69, 9.17) is 0 Å². The van der Waals surface area contributed by atoms with Crippen molar-refractivity contribution < 1.29 is 5.11 Å². The summed E-state index contributed by atoms with van der Waals surface area (Å²) in [5.41, 5.74) is 2.58. The van der Waals surface area contributed by atoms with Crippen LogP contribution in [0.25, 0.3) is 10.6 Å². The lowest BCUT2D eigenvalue weighted by molar-refractivity contribution is 0.0383. The molecule has 22 heavy (non-hydrogen) atoms. The summed E-state index contributed by atoms with van der Waals surface area (Å²) < 4.78 is 1.92.